The second kappa shape index (κ2) is 7.69. The molecule has 0 bridgehead atoms. The van der Waals surface area contributed by atoms with Gasteiger partial charge in [-0.3, -0.25) is 4.79 Å². The summed E-state index contributed by atoms with van der Waals surface area (Å²) in [5.41, 5.74) is 1.95. The molecule has 2 heteroatoms. The first-order valence-corrected chi connectivity index (χ1v) is 5.30. The van der Waals surface area contributed by atoms with Gasteiger partial charge in [0, 0.05) is 0 Å². The second-order valence-corrected chi connectivity index (χ2v) is 3.78. The van der Waals surface area contributed by atoms with Gasteiger partial charge in [0.25, 0.3) is 0 Å². The zero-order valence-corrected chi connectivity index (χ0v) is 10.3. The molecule has 0 fully saturated rings. The van der Waals surface area contributed by atoms with E-state index in [1.807, 2.05) is 32.9 Å². The number of esters is 1. The Morgan fingerprint density at radius 1 is 1.25 bits per heavy atom. The molecule has 0 N–H and O–H groups in total. The fourth-order valence-electron chi connectivity index (χ4n) is 1.04. The average molecular weight is 220 g/mol. The molecular weight excluding hydrogens is 200 g/mol. The largest absolute Gasteiger partial charge is 0.461 e. The Morgan fingerprint density at radius 3 is 2.25 bits per heavy atom. The quantitative estimate of drug-likeness (QED) is 0.506. The molecule has 0 aliphatic rings. The first-order chi connectivity index (χ1) is 7.52. The van der Waals surface area contributed by atoms with Crippen LogP contribution in [-0.4, -0.2) is 12.6 Å². The van der Waals surface area contributed by atoms with Crippen molar-refractivity contribution in [3.63, 3.8) is 0 Å². The van der Waals surface area contributed by atoms with Crippen molar-refractivity contribution >= 4 is 5.97 Å². The summed E-state index contributed by atoms with van der Waals surface area (Å²) in [5, 5.41) is 0. The summed E-state index contributed by atoms with van der Waals surface area (Å²) in [4.78, 5) is 11.3. The van der Waals surface area contributed by atoms with Crippen molar-refractivity contribution in [1.29, 1.82) is 0 Å². The fourth-order valence-corrected chi connectivity index (χ4v) is 1.04. The normalized spacial score (nSPS) is 12.5. The van der Waals surface area contributed by atoms with Crippen LogP contribution in [0.1, 0.15) is 20.8 Å². The van der Waals surface area contributed by atoms with Gasteiger partial charge in [0.05, 0.1) is 5.92 Å². The van der Waals surface area contributed by atoms with Gasteiger partial charge in [-0.2, -0.15) is 0 Å². The Balaban J connectivity index is 4.54. The smallest absolute Gasteiger partial charge is 0.308 e. The van der Waals surface area contributed by atoms with Crippen LogP contribution in [0.2, 0.25) is 0 Å². The average Bonchev–Trinajstić information content (AvgIpc) is 2.23. The van der Waals surface area contributed by atoms with E-state index < -0.39 is 0 Å². The number of hydrogen-bond acceptors (Lipinski definition) is 2. The summed E-state index contributed by atoms with van der Waals surface area (Å²) in [6.45, 7) is 13.1. The molecule has 0 aliphatic heterocycles. The fraction of sp³-hybridized carbons (Fsp3) is 0.357. The van der Waals surface area contributed by atoms with E-state index in [2.05, 4.69) is 13.2 Å². The third-order valence-electron chi connectivity index (χ3n) is 2.03. The van der Waals surface area contributed by atoms with Crippen molar-refractivity contribution in [2.24, 2.45) is 5.92 Å². The molecule has 0 saturated heterocycles. The van der Waals surface area contributed by atoms with Crippen molar-refractivity contribution < 1.29 is 9.53 Å². The number of carbonyl (C=O) groups is 1. The van der Waals surface area contributed by atoms with E-state index in [1.165, 1.54) is 0 Å². The Bertz CT molecular complexity index is 320. The third kappa shape index (κ3) is 5.35. The SMILES string of the molecule is C=C/C=C(C)\C(=C/C=C)COC(=O)C(C)C. The highest BCUT2D eigenvalue weighted by Gasteiger charge is 2.09. The number of ether oxygens (including phenoxy) is 1. The lowest BCUT2D eigenvalue weighted by Gasteiger charge is -2.10. The van der Waals surface area contributed by atoms with Gasteiger partial charge in [0.2, 0.25) is 0 Å². The zero-order valence-electron chi connectivity index (χ0n) is 10.3. The van der Waals surface area contributed by atoms with Crippen LogP contribution in [0.5, 0.6) is 0 Å². The molecule has 0 unspecified atom stereocenters. The standard InChI is InChI=1S/C14H20O2/c1-6-8-12(5)13(9-7-2)10-16-14(15)11(3)4/h6-9,11H,1-2,10H2,3-5H3/b12-8-,13-9-. The van der Waals surface area contributed by atoms with Crippen LogP contribution in [0.4, 0.5) is 0 Å². The molecule has 0 aromatic carbocycles. The molecule has 0 aromatic heterocycles. The lowest BCUT2D eigenvalue weighted by atomic mass is 10.1. The highest BCUT2D eigenvalue weighted by molar-refractivity contribution is 5.71. The molecule has 0 spiro atoms. The minimum Gasteiger partial charge on any atom is -0.461 e. The molecule has 0 heterocycles. The topological polar surface area (TPSA) is 26.3 Å². The number of rotatable bonds is 6. The Hall–Kier alpha value is -1.57. The van der Waals surface area contributed by atoms with Crippen molar-refractivity contribution in [2.45, 2.75) is 20.8 Å². The monoisotopic (exact) mass is 220 g/mol. The summed E-state index contributed by atoms with van der Waals surface area (Å²) >= 11 is 0. The molecule has 88 valence electrons. The summed E-state index contributed by atoms with van der Waals surface area (Å²) in [6, 6.07) is 0. The second-order valence-electron chi connectivity index (χ2n) is 3.78. The van der Waals surface area contributed by atoms with Gasteiger partial charge in [-0.25, -0.2) is 0 Å². The molecule has 0 amide bonds. The zero-order chi connectivity index (χ0) is 12.6. The van der Waals surface area contributed by atoms with E-state index >= 15 is 0 Å². The van der Waals surface area contributed by atoms with Gasteiger partial charge >= 0.3 is 5.97 Å². The maximum atomic E-state index is 11.3. The molecule has 2 nitrogen and oxygen atoms in total. The summed E-state index contributed by atoms with van der Waals surface area (Å²) in [5.74, 6) is -0.296. The van der Waals surface area contributed by atoms with E-state index in [0.717, 1.165) is 11.1 Å². The van der Waals surface area contributed by atoms with Crippen molar-refractivity contribution in [3.8, 4) is 0 Å². The Labute approximate surface area is 98.0 Å². The Kier molecular flexibility index (Phi) is 6.93. The minimum absolute atomic E-state index is 0.103. The van der Waals surface area contributed by atoms with Crippen LogP contribution >= 0.6 is 0 Å². The maximum absolute atomic E-state index is 11.3. The number of allylic oxidation sites excluding steroid dienone is 4. The van der Waals surface area contributed by atoms with Gasteiger partial charge in [-0.1, -0.05) is 51.3 Å². The van der Waals surface area contributed by atoms with Gasteiger partial charge < -0.3 is 4.74 Å². The molecule has 0 radical (unpaired) electrons. The van der Waals surface area contributed by atoms with Crippen molar-refractivity contribution in [2.75, 3.05) is 6.61 Å². The molecule has 0 rings (SSSR count). The van der Waals surface area contributed by atoms with E-state index in [4.69, 9.17) is 4.74 Å². The minimum atomic E-state index is -0.193. The van der Waals surface area contributed by atoms with E-state index in [-0.39, 0.29) is 18.5 Å². The molecule has 0 aliphatic carbocycles. The number of hydrogen-bond donors (Lipinski definition) is 0. The van der Waals surface area contributed by atoms with Crippen LogP contribution in [0.25, 0.3) is 0 Å². The first-order valence-electron chi connectivity index (χ1n) is 5.30. The third-order valence-corrected chi connectivity index (χ3v) is 2.03. The summed E-state index contributed by atoms with van der Waals surface area (Å²) < 4.78 is 5.16. The molecular formula is C14H20O2. The van der Waals surface area contributed by atoms with Crippen molar-refractivity contribution in [3.05, 3.63) is 48.6 Å². The molecule has 0 atom stereocenters. The van der Waals surface area contributed by atoms with Gasteiger partial charge in [-0.05, 0) is 18.1 Å². The van der Waals surface area contributed by atoms with Crippen LogP contribution in [0.15, 0.2) is 48.6 Å². The Morgan fingerprint density at radius 2 is 1.81 bits per heavy atom. The van der Waals surface area contributed by atoms with Crippen LogP contribution in [0, 0.1) is 5.92 Å². The summed E-state index contributed by atoms with van der Waals surface area (Å²) in [6.07, 6.45) is 7.09. The number of carbonyl (C=O) groups excluding carboxylic acids is 1. The molecule has 0 aromatic rings. The highest BCUT2D eigenvalue weighted by Crippen LogP contribution is 2.11. The van der Waals surface area contributed by atoms with Gasteiger partial charge in [0.15, 0.2) is 0 Å². The lowest BCUT2D eigenvalue weighted by Crippen LogP contribution is -2.13. The molecule has 0 saturated carbocycles. The summed E-state index contributed by atoms with van der Waals surface area (Å²) in [7, 11) is 0. The van der Waals surface area contributed by atoms with Gasteiger partial charge in [-0.15, -0.1) is 0 Å². The van der Waals surface area contributed by atoms with Crippen LogP contribution < -0.4 is 0 Å². The van der Waals surface area contributed by atoms with E-state index in [1.54, 1.807) is 12.2 Å². The highest BCUT2D eigenvalue weighted by atomic mass is 16.5. The maximum Gasteiger partial charge on any atom is 0.308 e. The predicted octanol–water partition coefficient (Wildman–Crippen LogP) is 3.43. The van der Waals surface area contributed by atoms with E-state index in [0.29, 0.717) is 0 Å². The first kappa shape index (κ1) is 14.4. The van der Waals surface area contributed by atoms with Gasteiger partial charge in [0.1, 0.15) is 6.61 Å². The van der Waals surface area contributed by atoms with E-state index in [9.17, 15) is 4.79 Å². The predicted molar refractivity (Wildman–Crippen MR) is 68.0 cm³/mol. The van der Waals surface area contributed by atoms with Crippen LogP contribution in [-0.2, 0) is 9.53 Å². The van der Waals surface area contributed by atoms with Crippen molar-refractivity contribution in [1.82, 2.24) is 0 Å². The molecule has 16 heavy (non-hydrogen) atoms. The lowest BCUT2D eigenvalue weighted by molar-refractivity contribution is -0.146. The van der Waals surface area contributed by atoms with Crippen LogP contribution in [0.3, 0.4) is 0 Å².